The number of ether oxygens (including phenoxy) is 2. The number of Topliss-reactive ketones (excluding diaryl/α,β-unsaturated/α-hetero) is 2. The number of fused-ring (bicyclic) bond motifs is 1. The van der Waals surface area contributed by atoms with Gasteiger partial charge in [-0.1, -0.05) is 29.9 Å². The van der Waals surface area contributed by atoms with Gasteiger partial charge in [0.1, 0.15) is 5.60 Å². The molecule has 2 unspecified atom stereocenters. The molecule has 0 saturated carbocycles. The van der Waals surface area contributed by atoms with Gasteiger partial charge in [-0.05, 0) is 71.9 Å². The zero-order chi connectivity index (χ0) is 44.2. The number of quaternary nitrogens is 1. The molecule has 0 saturated heterocycles. The quantitative estimate of drug-likeness (QED) is 0.0860. The van der Waals surface area contributed by atoms with E-state index in [0.29, 0.717) is 47.0 Å². The van der Waals surface area contributed by atoms with Crippen molar-refractivity contribution in [3.63, 3.8) is 0 Å². The number of hydrogen-bond acceptors (Lipinski definition) is 7. The molecule has 9 rings (SSSR count). The molecule has 0 aromatic carbocycles. The van der Waals surface area contributed by atoms with Crippen molar-refractivity contribution in [1.82, 2.24) is 14.5 Å². The minimum absolute atomic E-state index is 0.00367. The molecule has 1 spiro atoms. The second kappa shape index (κ2) is 13.4. The Morgan fingerprint density at radius 2 is 1.61 bits per heavy atom. The van der Waals surface area contributed by atoms with Crippen LogP contribution in [0.5, 0.6) is 0 Å². The highest BCUT2D eigenvalue weighted by Crippen LogP contribution is 2.55. The molecule has 1 amide bonds. The van der Waals surface area contributed by atoms with Gasteiger partial charge < -0.3 is 19.3 Å². The SMILES string of the molecule is CC[C@H]1C2=[N+]3C(=Cc4c(C(C)=O)c(C)c5n4[C@]34n3c(c(C)c6c3=C(C3=[N+]4C(=C5)[C@@H](C)[C@@H]3CCC(=O)NCCCC(C(=O)OC(C)(C)C)[N+](C)(C)C)C(C(=O)OC)C6=O)=C2)[C@@H]1C. The molecule has 0 radical (unpaired) electrons. The van der Waals surface area contributed by atoms with Crippen LogP contribution in [-0.2, 0) is 29.8 Å². The normalized spacial score (nSPS) is 26.5. The van der Waals surface area contributed by atoms with Gasteiger partial charge in [-0.3, -0.25) is 19.2 Å². The van der Waals surface area contributed by atoms with Crippen LogP contribution in [0.2, 0.25) is 0 Å². The lowest BCUT2D eigenvalue weighted by molar-refractivity contribution is -0.887. The Balaban J connectivity index is 1.17. The third-order valence-electron chi connectivity index (χ3n) is 14.7. The molecule has 13 heteroatoms. The second-order valence-corrected chi connectivity index (χ2v) is 20.2. The Bertz CT molecular complexity index is 2700. The molecule has 7 aliphatic rings. The number of aromatic nitrogens is 2. The maximum Gasteiger partial charge on any atom is 0.552 e. The molecule has 1 N–H and O–H groups in total. The first-order valence-corrected chi connectivity index (χ1v) is 22.1. The Morgan fingerprint density at radius 3 is 2.23 bits per heavy atom. The molecule has 61 heavy (non-hydrogen) atoms. The van der Waals surface area contributed by atoms with Crippen molar-refractivity contribution in [2.24, 2.45) is 29.6 Å². The molecule has 8 heterocycles. The van der Waals surface area contributed by atoms with E-state index in [2.05, 4.69) is 62.6 Å². The van der Waals surface area contributed by atoms with Crippen LogP contribution in [0.1, 0.15) is 124 Å². The van der Waals surface area contributed by atoms with Crippen molar-refractivity contribution in [1.29, 1.82) is 0 Å². The lowest BCUT2D eigenvalue weighted by Gasteiger charge is -2.39. The monoisotopic (exact) mass is 833 g/mol. The number of allylic oxidation sites excluding steroid dienone is 2. The topological polar surface area (TPSA) is 132 Å². The third kappa shape index (κ3) is 5.31. The summed E-state index contributed by atoms with van der Waals surface area (Å²) in [4.78, 5) is 69.4. The molecule has 1 aliphatic carbocycles. The number of nitrogens with one attached hydrogen (secondary N) is 1. The number of esters is 2. The molecule has 13 nitrogen and oxygen atoms in total. The maximum atomic E-state index is 14.8. The van der Waals surface area contributed by atoms with Crippen molar-refractivity contribution in [2.75, 3.05) is 34.8 Å². The van der Waals surface area contributed by atoms with E-state index in [1.54, 1.807) is 6.92 Å². The number of carbonyl (C=O) groups excluding carboxylic acids is 5. The summed E-state index contributed by atoms with van der Waals surface area (Å²) < 4.78 is 21.0. The number of hydrogen-bond donors (Lipinski definition) is 1. The van der Waals surface area contributed by atoms with Crippen LogP contribution in [0.3, 0.4) is 0 Å². The summed E-state index contributed by atoms with van der Waals surface area (Å²) in [6.45, 7) is 18.4. The fourth-order valence-corrected chi connectivity index (χ4v) is 12.1. The van der Waals surface area contributed by atoms with E-state index in [-0.39, 0.29) is 59.6 Å². The smallest absolute Gasteiger partial charge is 0.468 e. The van der Waals surface area contributed by atoms with Crippen LogP contribution in [0, 0.1) is 43.4 Å². The van der Waals surface area contributed by atoms with Crippen LogP contribution in [-0.4, -0.2) is 110 Å². The van der Waals surface area contributed by atoms with Gasteiger partial charge >= 0.3 is 17.8 Å². The number of likely N-dealkylation sites (N-methyl/N-ethyl adjacent to an activating group) is 1. The molecular weight excluding hydrogens is 773 g/mol. The molecule has 322 valence electrons. The Labute approximate surface area is 357 Å². The number of amides is 1. The van der Waals surface area contributed by atoms with Crippen LogP contribution >= 0.6 is 0 Å². The van der Waals surface area contributed by atoms with E-state index >= 15 is 0 Å². The molecular formula is C48H61N6O7+3. The van der Waals surface area contributed by atoms with Crippen molar-refractivity contribution in [3.05, 3.63) is 55.7 Å². The highest BCUT2D eigenvalue weighted by atomic mass is 16.6. The van der Waals surface area contributed by atoms with Gasteiger partial charge in [-0.25, -0.2) is 4.79 Å². The first-order chi connectivity index (χ1) is 28.6. The highest BCUT2D eigenvalue weighted by Gasteiger charge is 2.77. The predicted octanol–water partition coefficient (Wildman–Crippen LogP) is 3.82. The van der Waals surface area contributed by atoms with Crippen molar-refractivity contribution >= 4 is 64.6 Å². The van der Waals surface area contributed by atoms with Crippen molar-refractivity contribution in [3.8, 4) is 0 Å². The summed E-state index contributed by atoms with van der Waals surface area (Å²) in [7, 11) is 7.27. The summed E-state index contributed by atoms with van der Waals surface area (Å²) >= 11 is 0. The van der Waals surface area contributed by atoms with Crippen molar-refractivity contribution < 1.29 is 47.1 Å². The van der Waals surface area contributed by atoms with Gasteiger partial charge in [-0.2, -0.15) is 9.13 Å². The summed E-state index contributed by atoms with van der Waals surface area (Å²) in [6.07, 6.45) is 9.44. The van der Waals surface area contributed by atoms with Crippen LogP contribution in [0.25, 0.3) is 23.8 Å². The van der Waals surface area contributed by atoms with Gasteiger partial charge in [0, 0.05) is 48.7 Å². The standard InChI is InChI=1S/C48H60N6O7/c1-14-28-23(2)30-22-35-38(27(6)55)25(4)32-20-31-24(3)29(17-18-37(56)49-19-15-16-36(54(10,11)12)45(58)61-47(7,8)9)42-40-41(46(59)60-13)44(57)39-26(5)33-21-34(28)50(30)48(51(32)35,52(31)42)53(33)43(39)40/h20-24,28-29,36,41H,14-19H2,1-13H3/q+2/p+1/t23-,24+,28-,29+,36?,41?,48-/m1/s1. The van der Waals surface area contributed by atoms with Crippen LogP contribution < -0.4 is 16.0 Å². The number of nitrogens with zero attached hydrogens (tertiary/aromatic N) is 5. The molecule has 0 fully saturated rings. The molecule has 7 atom stereocenters. The van der Waals surface area contributed by atoms with Crippen molar-refractivity contribution in [2.45, 2.75) is 112 Å². The van der Waals surface area contributed by atoms with E-state index < -0.39 is 23.4 Å². The Morgan fingerprint density at radius 1 is 0.951 bits per heavy atom. The highest BCUT2D eigenvalue weighted by molar-refractivity contribution is 6.34. The van der Waals surface area contributed by atoms with Gasteiger partial charge in [0.05, 0.1) is 79.6 Å². The molecule has 2 aromatic rings. The minimum atomic E-state index is -1.15. The van der Waals surface area contributed by atoms with E-state index in [4.69, 9.17) is 9.47 Å². The predicted molar refractivity (Wildman–Crippen MR) is 230 cm³/mol. The average molecular weight is 834 g/mol. The number of ketones is 2. The van der Waals surface area contributed by atoms with Crippen LogP contribution in [0.4, 0.5) is 0 Å². The second-order valence-electron chi connectivity index (χ2n) is 20.2. The summed E-state index contributed by atoms with van der Waals surface area (Å²) in [5, 5.41) is 4.79. The lowest BCUT2D eigenvalue weighted by atomic mass is 9.81. The summed E-state index contributed by atoms with van der Waals surface area (Å²) in [6, 6.07) is -0.377. The molecule has 0 bridgehead atoms. The summed E-state index contributed by atoms with van der Waals surface area (Å²) in [5.41, 5.74) is 9.04. The van der Waals surface area contributed by atoms with Gasteiger partial charge in [0.25, 0.3) is 0 Å². The third-order valence-corrected chi connectivity index (χ3v) is 14.7. The summed E-state index contributed by atoms with van der Waals surface area (Å²) in [5.74, 6) is -3.46. The number of rotatable bonds is 12. The maximum absolute atomic E-state index is 14.8. The minimum Gasteiger partial charge on any atom is -0.468 e. The van der Waals surface area contributed by atoms with Crippen LogP contribution in [0.15, 0.2) is 11.4 Å². The van der Waals surface area contributed by atoms with E-state index in [1.807, 2.05) is 55.8 Å². The zero-order valence-electron chi connectivity index (χ0n) is 38.0. The number of carbonyl (C=O) groups is 5. The lowest BCUT2D eigenvalue weighted by Crippen LogP contribution is -2.70. The fraction of sp³-hybridized carbons (Fsp3) is 0.562. The largest absolute Gasteiger partial charge is 0.552 e. The first-order valence-electron chi connectivity index (χ1n) is 22.1. The number of methoxy groups -OCH3 is 1. The average Bonchev–Trinajstić information content (AvgIpc) is 3.90. The first kappa shape index (κ1) is 41.2. The van der Waals surface area contributed by atoms with Gasteiger partial charge in [0.2, 0.25) is 11.6 Å². The van der Waals surface area contributed by atoms with E-state index in [1.165, 1.54) is 12.8 Å². The van der Waals surface area contributed by atoms with E-state index in [9.17, 15) is 24.0 Å². The Hall–Kier alpha value is -5.17. The molecule has 6 aliphatic heterocycles. The Kier molecular flexibility index (Phi) is 9.06. The van der Waals surface area contributed by atoms with Gasteiger partial charge in [-0.15, -0.1) is 0 Å². The fourth-order valence-electron chi connectivity index (χ4n) is 12.1. The zero-order valence-corrected chi connectivity index (χ0v) is 38.0. The van der Waals surface area contributed by atoms with E-state index in [0.717, 1.165) is 56.7 Å². The van der Waals surface area contributed by atoms with Gasteiger partial charge in [0.15, 0.2) is 40.6 Å². The molecule has 2 aromatic heterocycles.